The maximum absolute atomic E-state index is 9.46. The molecule has 0 bridgehead atoms. The molecule has 0 radical (unpaired) electrons. The van der Waals surface area contributed by atoms with Crippen molar-refractivity contribution in [1.82, 2.24) is 14.4 Å². The summed E-state index contributed by atoms with van der Waals surface area (Å²) in [6.07, 6.45) is 5.62. The first-order chi connectivity index (χ1) is 8.65. The van der Waals surface area contributed by atoms with Gasteiger partial charge in [-0.1, -0.05) is 0 Å². The van der Waals surface area contributed by atoms with Gasteiger partial charge in [0, 0.05) is 24.2 Å². The van der Waals surface area contributed by atoms with Gasteiger partial charge in [0.2, 0.25) is 5.78 Å². The van der Waals surface area contributed by atoms with Crippen molar-refractivity contribution in [3.63, 3.8) is 0 Å². The fourth-order valence-electron chi connectivity index (χ4n) is 2.14. The zero-order valence-corrected chi connectivity index (χ0v) is 10.3. The lowest BCUT2D eigenvalue weighted by Gasteiger charge is -2.09. The van der Waals surface area contributed by atoms with E-state index in [2.05, 4.69) is 9.97 Å². The normalized spacial score (nSPS) is 11.0. The summed E-state index contributed by atoms with van der Waals surface area (Å²) in [6.45, 7) is 3.99. The number of aryl methyl sites for hydroxylation is 2. The second kappa shape index (κ2) is 3.84. The first kappa shape index (κ1) is 10.8. The molecule has 0 spiro atoms. The number of phenols is 1. The number of phenolic OH excluding ortho intramolecular Hbond substituents is 1. The third kappa shape index (κ3) is 1.62. The van der Waals surface area contributed by atoms with Crippen molar-refractivity contribution in [2.45, 2.75) is 13.8 Å². The van der Waals surface area contributed by atoms with E-state index in [1.807, 2.05) is 36.7 Å². The summed E-state index contributed by atoms with van der Waals surface area (Å²) in [5, 5.41) is 9.46. The minimum atomic E-state index is 0.274. The maximum Gasteiger partial charge on any atom is 0.234 e. The highest BCUT2D eigenvalue weighted by Crippen LogP contribution is 2.27. The van der Waals surface area contributed by atoms with Crippen LogP contribution in [0.2, 0.25) is 0 Å². The monoisotopic (exact) mass is 239 g/mol. The van der Waals surface area contributed by atoms with Gasteiger partial charge >= 0.3 is 0 Å². The number of imidazole rings is 1. The zero-order chi connectivity index (χ0) is 12.7. The Hall–Kier alpha value is -2.36. The van der Waals surface area contributed by atoms with Crippen LogP contribution in [-0.4, -0.2) is 19.5 Å². The van der Waals surface area contributed by atoms with Crippen LogP contribution in [0.5, 0.6) is 5.75 Å². The molecule has 3 aromatic rings. The Kier molecular flexibility index (Phi) is 2.30. The van der Waals surface area contributed by atoms with Crippen LogP contribution in [0.1, 0.15) is 11.1 Å². The average molecular weight is 239 g/mol. The van der Waals surface area contributed by atoms with Gasteiger partial charge in [-0.25, -0.2) is 9.97 Å². The molecule has 0 atom stereocenters. The molecular weight excluding hydrogens is 226 g/mol. The second-order valence-corrected chi connectivity index (χ2v) is 4.41. The molecule has 1 N–H and O–H groups in total. The molecule has 3 rings (SSSR count). The van der Waals surface area contributed by atoms with E-state index in [9.17, 15) is 5.11 Å². The minimum absolute atomic E-state index is 0.274. The van der Waals surface area contributed by atoms with E-state index >= 15 is 0 Å². The number of benzene rings is 1. The molecule has 2 aromatic heterocycles. The summed E-state index contributed by atoms with van der Waals surface area (Å²) in [7, 11) is 0. The van der Waals surface area contributed by atoms with Crippen LogP contribution in [-0.2, 0) is 0 Å². The fourth-order valence-corrected chi connectivity index (χ4v) is 2.14. The van der Waals surface area contributed by atoms with Gasteiger partial charge in [0.15, 0.2) is 0 Å². The van der Waals surface area contributed by atoms with E-state index in [1.165, 1.54) is 0 Å². The first-order valence-corrected chi connectivity index (χ1v) is 5.75. The van der Waals surface area contributed by atoms with Crippen molar-refractivity contribution in [3.8, 4) is 17.0 Å². The standard InChI is InChI=1S/C14H13N3O/c1-9-7-11(18)3-4-12(9)13-10(2)8-17-6-5-15-14(17)16-13/h3-8,18H,1-2H3. The van der Waals surface area contributed by atoms with Gasteiger partial charge in [-0.3, -0.25) is 4.40 Å². The Morgan fingerprint density at radius 2 is 2.00 bits per heavy atom. The van der Waals surface area contributed by atoms with Crippen LogP contribution in [0.15, 0.2) is 36.8 Å². The third-order valence-electron chi connectivity index (χ3n) is 3.03. The van der Waals surface area contributed by atoms with Crippen LogP contribution in [0, 0.1) is 13.8 Å². The number of hydrogen-bond acceptors (Lipinski definition) is 3. The quantitative estimate of drug-likeness (QED) is 0.710. The second-order valence-electron chi connectivity index (χ2n) is 4.41. The zero-order valence-electron chi connectivity index (χ0n) is 10.3. The average Bonchev–Trinajstić information content (AvgIpc) is 2.75. The number of rotatable bonds is 1. The van der Waals surface area contributed by atoms with Crippen LogP contribution in [0.3, 0.4) is 0 Å². The van der Waals surface area contributed by atoms with Gasteiger partial charge in [-0.05, 0) is 43.2 Å². The Morgan fingerprint density at radius 3 is 2.78 bits per heavy atom. The van der Waals surface area contributed by atoms with Gasteiger partial charge in [0.25, 0.3) is 0 Å². The topological polar surface area (TPSA) is 50.4 Å². The first-order valence-electron chi connectivity index (χ1n) is 5.75. The highest BCUT2D eigenvalue weighted by atomic mass is 16.3. The molecule has 0 aliphatic heterocycles. The van der Waals surface area contributed by atoms with Crippen molar-refractivity contribution in [2.75, 3.05) is 0 Å². The molecule has 90 valence electrons. The number of fused-ring (bicyclic) bond motifs is 1. The SMILES string of the molecule is Cc1cc(O)ccc1-c1nc2nccn2cc1C. The van der Waals surface area contributed by atoms with E-state index in [1.54, 1.807) is 18.3 Å². The highest BCUT2D eigenvalue weighted by molar-refractivity contribution is 5.68. The number of aromatic hydroxyl groups is 1. The smallest absolute Gasteiger partial charge is 0.234 e. The third-order valence-corrected chi connectivity index (χ3v) is 3.03. The number of hydrogen-bond donors (Lipinski definition) is 1. The molecule has 0 saturated heterocycles. The number of nitrogens with zero attached hydrogens (tertiary/aromatic N) is 3. The van der Waals surface area contributed by atoms with Crippen molar-refractivity contribution in [3.05, 3.63) is 47.9 Å². The van der Waals surface area contributed by atoms with E-state index in [-0.39, 0.29) is 5.75 Å². The van der Waals surface area contributed by atoms with Crippen molar-refractivity contribution >= 4 is 5.78 Å². The molecular formula is C14H13N3O. The predicted octanol–water partition coefficient (Wildman–Crippen LogP) is 2.72. The molecule has 0 saturated carbocycles. The Balaban J connectivity index is 2.26. The molecule has 0 unspecified atom stereocenters. The largest absolute Gasteiger partial charge is 0.508 e. The van der Waals surface area contributed by atoms with Gasteiger partial charge in [0.1, 0.15) is 5.75 Å². The van der Waals surface area contributed by atoms with Gasteiger partial charge in [-0.15, -0.1) is 0 Å². The summed E-state index contributed by atoms with van der Waals surface area (Å²) < 4.78 is 1.90. The molecule has 0 fully saturated rings. The molecule has 1 aromatic carbocycles. The summed E-state index contributed by atoms with van der Waals surface area (Å²) in [5.41, 5.74) is 4.01. The molecule has 0 amide bonds. The molecule has 2 heterocycles. The lowest BCUT2D eigenvalue weighted by atomic mass is 10.0. The maximum atomic E-state index is 9.46. The summed E-state index contributed by atoms with van der Waals surface area (Å²) in [6, 6.07) is 5.31. The van der Waals surface area contributed by atoms with E-state index in [4.69, 9.17) is 0 Å². The highest BCUT2D eigenvalue weighted by Gasteiger charge is 2.09. The lowest BCUT2D eigenvalue weighted by molar-refractivity contribution is 0.475. The van der Waals surface area contributed by atoms with E-state index in [0.717, 1.165) is 22.4 Å². The van der Waals surface area contributed by atoms with E-state index in [0.29, 0.717) is 5.78 Å². The van der Waals surface area contributed by atoms with Crippen molar-refractivity contribution < 1.29 is 5.11 Å². The Labute approximate surface area is 105 Å². The number of aromatic nitrogens is 3. The van der Waals surface area contributed by atoms with Crippen LogP contribution < -0.4 is 0 Å². The molecule has 4 nitrogen and oxygen atoms in total. The lowest BCUT2D eigenvalue weighted by Crippen LogP contribution is -1.96. The minimum Gasteiger partial charge on any atom is -0.508 e. The van der Waals surface area contributed by atoms with E-state index < -0.39 is 0 Å². The fraction of sp³-hybridized carbons (Fsp3) is 0.143. The van der Waals surface area contributed by atoms with Crippen molar-refractivity contribution in [1.29, 1.82) is 0 Å². The molecule has 0 aliphatic carbocycles. The van der Waals surface area contributed by atoms with Crippen molar-refractivity contribution in [2.24, 2.45) is 0 Å². The summed E-state index contributed by atoms with van der Waals surface area (Å²) >= 11 is 0. The van der Waals surface area contributed by atoms with Gasteiger partial charge in [0.05, 0.1) is 5.69 Å². The summed E-state index contributed by atoms with van der Waals surface area (Å²) in [4.78, 5) is 8.76. The Bertz CT molecular complexity index is 731. The van der Waals surface area contributed by atoms with Crippen LogP contribution in [0.4, 0.5) is 0 Å². The van der Waals surface area contributed by atoms with Crippen LogP contribution >= 0.6 is 0 Å². The van der Waals surface area contributed by atoms with Gasteiger partial charge in [-0.2, -0.15) is 0 Å². The predicted molar refractivity (Wildman–Crippen MR) is 69.6 cm³/mol. The molecule has 0 aliphatic rings. The summed E-state index contributed by atoms with van der Waals surface area (Å²) in [5.74, 6) is 0.957. The molecule has 18 heavy (non-hydrogen) atoms. The Morgan fingerprint density at radius 1 is 1.17 bits per heavy atom. The van der Waals surface area contributed by atoms with Gasteiger partial charge < -0.3 is 5.11 Å². The van der Waals surface area contributed by atoms with Crippen LogP contribution in [0.25, 0.3) is 17.0 Å². The molecule has 4 heteroatoms.